The minimum atomic E-state index is -0.420. The number of aryl methyl sites for hydroxylation is 1. The van der Waals surface area contributed by atoms with E-state index in [0.29, 0.717) is 39.1 Å². The number of anilines is 2. The van der Waals surface area contributed by atoms with Crippen LogP contribution < -0.4 is 15.1 Å². The second kappa shape index (κ2) is 13.0. The molecule has 8 nitrogen and oxygen atoms in total. The van der Waals surface area contributed by atoms with Crippen molar-refractivity contribution in [1.82, 2.24) is 15.2 Å². The number of piperidine rings is 1. The maximum Gasteiger partial charge on any atom is 0.321 e. The molecule has 1 atom stereocenters. The molecule has 1 unspecified atom stereocenters. The molecule has 6 rings (SSSR count). The van der Waals surface area contributed by atoms with Crippen molar-refractivity contribution in [1.29, 1.82) is 0 Å². The molecule has 0 spiro atoms. The van der Waals surface area contributed by atoms with E-state index in [9.17, 15) is 19.1 Å². The zero-order chi connectivity index (χ0) is 30.6. The molecule has 4 aromatic rings. The van der Waals surface area contributed by atoms with Crippen LogP contribution in [0.15, 0.2) is 72.8 Å². The molecule has 0 aliphatic carbocycles. The molecule has 3 amide bonds. The number of hydrogen-bond acceptors (Lipinski definition) is 5. The molecule has 0 saturated carbocycles. The number of halogens is 1. The standard InChI is InChI=1S/C35H38FN5O3/c1-24-4-2-5-27-21-28(34(38-33(24)27)40-17-3-6-31(42)23-40)22-39(18-15-25-7-11-29(36)12-8-25)32(43)20-26-9-13-30(14-10-26)41-19-16-37-35(41)44/h2,4-5,7-14,21,31,42H,3,6,15-20,22-23H2,1H3,(H,37,44). The number of hydrogen-bond donors (Lipinski definition) is 2. The number of aliphatic hydroxyl groups excluding tert-OH is 1. The van der Waals surface area contributed by atoms with Gasteiger partial charge in [-0.2, -0.15) is 0 Å². The summed E-state index contributed by atoms with van der Waals surface area (Å²) >= 11 is 0. The first-order valence-electron chi connectivity index (χ1n) is 15.3. The lowest BCUT2D eigenvalue weighted by molar-refractivity contribution is -0.131. The molecule has 2 N–H and O–H groups in total. The number of benzene rings is 3. The normalized spacial score (nSPS) is 16.8. The topological polar surface area (TPSA) is 89.0 Å². The quantitative estimate of drug-likeness (QED) is 0.285. The van der Waals surface area contributed by atoms with Gasteiger partial charge in [0.25, 0.3) is 0 Å². The highest BCUT2D eigenvalue weighted by Gasteiger charge is 2.25. The van der Waals surface area contributed by atoms with Crippen LogP contribution in [0.3, 0.4) is 0 Å². The molecular formula is C35H38FN5O3. The second-order valence-corrected chi connectivity index (χ2v) is 11.8. The predicted molar refractivity (Wildman–Crippen MR) is 170 cm³/mol. The molecule has 0 radical (unpaired) electrons. The summed E-state index contributed by atoms with van der Waals surface area (Å²) in [6.07, 6.45) is 2.00. The number of carbonyl (C=O) groups excluding carboxylic acids is 2. The summed E-state index contributed by atoms with van der Waals surface area (Å²) in [6.45, 7) is 5.37. The second-order valence-electron chi connectivity index (χ2n) is 11.8. The molecule has 9 heteroatoms. The van der Waals surface area contributed by atoms with E-state index in [0.717, 1.165) is 64.0 Å². The maximum absolute atomic E-state index is 14.0. The molecule has 3 aromatic carbocycles. The molecule has 44 heavy (non-hydrogen) atoms. The Bertz CT molecular complexity index is 1640. The van der Waals surface area contributed by atoms with Gasteiger partial charge >= 0.3 is 6.03 Å². The highest BCUT2D eigenvalue weighted by molar-refractivity contribution is 5.94. The molecule has 2 saturated heterocycles. The van der Waals surface area contributed by atoms with Crippen LogP contribution in [0.4, 0.5) is 20.7 Å². The summed E-state index contributed by atoms with van der Waals surface area (Å²) in [5.74, 6) is 0.480. The number of pyridine rings is 1. The summed E-state index contributed by atoms with van der Waals surface area (Å²) < 4.78 is 13.6. The van der Waals surface area contributed by atoms with Gasteiger partial charge in [0, 0.05) is 55.9 Å². The first-order chi connectivity index (χ1) is 21.3. The smallest absolute Gasteiger partial charge is 0.321 e. The lowest BCUT2D eigenvalue weighted by atomic mass is 10.0. The number of urea groups is 1. The van der Waals surface area contributed by atoms with E-state index in [1.54, 1.807) is 17.0 Å². The zero-order valence-corrected chi connectivity index (χ0v) is 25.0. The van der Waals surface area contributed by atoms with Crippen molar-refractivity contribution < 1.29 is 19.1 Å². The van der Waals surface area contributed by atoms with Crippen molar-refractivity contribution in [2.45, 2.75) is 45.3 Å². The van der Waals surface area contributed by atoms with E-state index in [2.05, 4.69) is 16.3 Å². The Morgan fingerprint density at radius 1 is 1.07 bits per heavy atom. The Morgan fingerprint density at radius 3 is 2.57 bits per heavy atom. The molecule has 228 valence electrons. The van der Waals surface area contributed by atoms with E-state index < -0.39 is 6.10 Å². The van der Waals surface area contributed by atoms with Gasteiger partial charge in [0.2, 0.25) is 5.91 Å². The van der Waals surface area contributed by atoms with E-state index >= 15 is 0 Å². The number of carbonyl (C=O) groups is 2. The van der Waals surface area contributed by atoms with Gasteiger partial charge in [-0.1, -0.05) is 42.5 Å². The van der Waals surface area contributed by atoms with Crippen molar-refractivity contribution in [3.63, 3.8) is 0 Å². The summed E-state index contributed by atoms with van der Waals surface area (Å²) in [6, 6.07) is 22.1. The van der Waals surface area contributed by atoms with Crippen molar-refractivity contribution in [3.05, 3.63) is 101 Å². The van der Waals surface area contributed by atoms with Crippen molar-refractivity contribution in [2.24, 2.45) is 0 Å². The first kappa shape index (κ1) is 29.6. The Kier molecular flexibility index (Phi) is 8.74. The van der Waals surface area contributed by atoms with Crippen LogP contribution in [0.25, 0.3) is 10.9 Å². The van der Waals surface area contributed by atoms with Crippen LogP contribution in [0.2, 0.25) is 0 Å². The van der Waals surface area contributed by atoms with E-state index in [1.807, 2.05) is 54.3 Å². The van der Waals surface area contributed by atoms with Gasteiger partial charge < -0.3 is 20.2 Å². The van der Waals surface area contributed by atoms with E-state index in [4.69, 9.17) is 4.98 Å². The fraction of sp³-hybridized carbons (Fsp3) is 0.343. The van der Waals surface area contributed by atoms with E-state index in [-0.39, 0.29) is 24.2 Å². The van der Waals surface area contributed by atoms with Gasteiger partial charge in [0.05, 0.1) is 18.0 Å². The Balaban J connectivity index is 1.29. The van der Waals surface area contributed by atoms with Crippen LogP contribution in [0, 0.1) is 12.7 Å². The Labute approximate surface area is 257 Å². The van der Waals surface area contributed by atoms with Crippen molar-refractivity contribution >= 4 is 34.3 Å². The number of nitrogens with zero attached hydrogens (tertiary/aromatic N) is 4. The minimum Gasteiger partial charge on any atom is -0.391 e. The van der Waals surface area contributed by atoms with Crippen LogP contribution >= 0.6 is 0 Å². The number of aromatic nitrogens is 1. The molecule has 1 aromatic heterocycles. The number of fused-ring (bicyclic) bond motifs is 1. The number of rotatable bonds is 9. The summed E-state index contributed by atoms with van der Waals surface area (Å²) in [5.41, 5.74) is 5.53. The van der Waals surface area contributed by atoms with Gasteiger partial charge in [0.1, 0.15) is 11.6 Å². The summed E-state index contributed by atoms with van der Waals surface area (Å²) in [7, 11) is 0. The lowest BCUT2D eigenvalue weighted by Gasteiger charge is -2.34. The number of aliphatic hydroxyl groups is 1. The van der Waals surface area contributed by atoms with Crippen LogP contribution in [-0.2, 0) is 24.2 Å². The molecule has 0 bridgehead atoms. The maximum atomic E-state index is 14.0. The highest BCUT2D eigenvalue weighted by Crippen LogP contribution is 2.29. The van der Waals surface area contributed by atoms with Gasteiger partial charge in [-0.3, -0.25) is 9.69 Å². The molecule has 2 aliphatic rings. The van der Waals surface area contributed by atoms with Crippen LogP contribution in [0.5, 0.6) is 0 Å². The first-order valence-corrected chi connectivity index (χ1v) is 15.3. The average Bonchev–Trinajstić information content (AvgIpc) is 3.46. The predicted octanol–water partition coefficient (Wildman–Crippen LogP) is 4.99. The Hall–Kier alpha value is -4.50. The lowest BCUT2D eigenvalue weighted by Crippen LogP contribution is -2.40. The monoisotopic (exact) mass is 595 g/mol. The fourth-order valence-corrected chi connectivity index (χ4v) is 6.13. The van der Waals surface area contributed by atoms with Gasteiger partial charge in [-0.15, -0.1) is 0 Å². The van der Waals surface area contributed by atoms with Crippen molar-refractivity contribution in [2.75, 3.05) is 42.5 Å². The van der Waals surface area contributed by atoms with Crippen LogP contribution in [-0.4, -0.2) is 65.8 Å². The number of nitrogens with one attached hydrogen (secondary N) is 1. The summed E-state index contributed by atoms with van der Waals surface area (Å²) in [5, 5.41) is 14.3. The summed E-state index contributed by atoms with van der Waals surface area (Å²) in [4.78, 5) is 36.8. The molecule has 2 fully saturated rings. The van der Waals surface area contributed by atoms with Crippen molar-refractivity contribution in [3.8, 4) is 0 Å². The minimum absolute atomic E-state index is 0.0345. The largest absolute Gasteiger partial charge is 0.391 e. The number of β-amino-alcohol motifs (C(OH)–C–C–N with tert-alkyl or cyclic N) is 1. The third kappa shape index (κ3) is 6.68. The van der Waals surface area contributed by atoms with Gasteiger partial charge in [-0.05, 0) is 73.2 Å². The van der Waals surface area contributed by atoms with E-state index in [1.165, 1.54) is 12.1 Å². The number of amides is 3. The highest BCUT2D eigenvalue weighted by atomic mass is 19.1. The molecule has 2 aliphatic heterocycles. The van der Waals surface area contributed by atoms with Gasteiger partial charge in [0.15, 0.2) is 0 Å². The SMILES string of the molecule is Cc1cccc2cc(CN(CCc3ccc(F)cc3)C(=O)Cc3ccc(N4CCNC4=O)cc3)c(N3CCCC(O)C3)nc12. The fourth-order valence-electron chi connectivity index (χ4n) is 6.13. The van der Waals surface area contributed by atoms with Crippen LogP contribution in [0.1, 0.15) is 35.1 Å². The average molecular weight is 596 g/mol. The third-order valence-electron chi connectivity index (χ3n) is 8.56. The Morgan fingerprint density at radius 2 is 1.84 bits per heavy atom. The molecular weight excluding hydrogens is 557 g/mol. The number of para-hydroxylation sites is 1. The zero-order valence-electron chi connectivity index (χ0n) is 25.0. The van der Waals surface area contributed by atoms with Gasteiger partial charge in [-0.25, -0.2) is 14.2 Å². The third-order valence-corrected chi connectivity index (χ3v) is 8.56. The molecule has 3 heterocycles.